The van der Waals surface area contributed by atoms with Crippen molar-refractivity contribution in [2.24, 2.45) is 0 Å². The average Bonchev–Trinajstić information content (AvgIpc) is 2.05. The van der Waals surface area contributed by atoms with E-state index in [2.05, 4.69) is 10.9 Å². The quantitative estimate of drug-likeness (QED) is 0.666. The predicted molar refractivity (Wildman–Crippen MR) is 47.4 cm³/mol. The molecule has 1 N–H and O–H groups in total. The van der Waals surface area contributed by atoms with Crippen LogP contribution in [0.3, 0.4) is 0 Å². The maximum absolute atomic E-state index is 9.52. The molecule has 0 amide bonds. The summed E-state index contributed by atoms with van der Waals surface area (Å²) in [6, 6.07) is 1.86. The molecule has 12 heavy (non-hydrogen) atoms. The first-order valence-electron chi connectivity index (χ1n) is 3.77. The smallest absolute Gasteiger partial charge is 0.0916 e. The third kappa shape index (κ3) is 1.84. The molecule has 0 saturated heterocycles. The van der Waals surface area contributed by atoms with E-state index in [9.17, 15) is 5.11 Å². The van der Waals surface area contributed by atoms with Crippen molar-refractivity contribution in [2.75, 3.05) is 0 Å². The van der Waals surface area contributed by atoms with Gasteiger partial charge in [-0.3, -0.25) is 4.98 Å². The fourth-order valence-electron chi connectivity index (χ4n) is 1.05. The fourth-order valence-corrected chi connectivity index (χ4v) is 1.05. The number of aryl methyl sites for hydroxylation is 1. The van der Waals surface area contributed by atoms with Gasteiger partial charge in [-0.05, 0) is 18.6 Å². The number of hydrogen-bond donors (Lipinski definition) is 1. The van der Waals surface area contributed by atoms with E-state index in [4.69, 9.17) is 6.42 Å². The second-order valence-electron chi connectivity index (χ2n) is 2.66. The second-order valence-corrected chi connectivity index (χ2v) is 2.66. The SMILES string of the molecule is C#CCC(O)c1cnccc1C. The van der Waals surface area contributed by atoms with Crippen LogP contribution in [0.4, 0.5) is 0 Å². The van der Waals surface area contributed by atoms with Crippen molar-refractivity contribution in [2.45, 2.75) is 19.4 Å². The Bertz CT molecular complexity index is 301. The van der Waals surface area contributed by atoms with Crippen LogP contribution in [0.5, 0.6) is 0 Å². The van der Waals surface area contributed by atoms with Crippen LogP contribution in [0.25, 0.3) is 0 Å². The van der Waals surface area contributed by atoms with E-state index in [0.29, 0.717) is 6.42 Å². The van der Waals surface area contributed by atoms with Crippen LogP contribution in [0.1, 0.15) is 23.7 Å². The Morgan fingerprint density at radius 2 is 2.50 bits per heavy atom. The van der Waals surface area contributed by atoms with Crippen molar-refractivity contribution in [3.05, 3.63) is 29.6 Å². The van der Waals surface area contributed by atoms with Gasteiger partial charge in [0.15, 0.2) is 0 Å². The maximum atomic E-state index is 9.52. The van der Waals surface area contributed by atoms with Gasteiger partial charge in [-0.2, -0.15) is 0 Å². The Kier molecular flexibility index (Phi) is 2.84. The van der Waals surface area contributed by atoms with Gasteiger partial charge in [0.25, 0.3) is 0 Å². The Morgan fingerprint density at radius 1 is 1.75 bits per heavy atom. The highest BCUT2D eigenvalue weighted by Gasteiger charge is 2.07. The van der Waals surface area contributed by atoms with Gasteiger partial charge in [-0.15, -0.1) is 12.3 Å². The summed E-state index contributed by atoms with van der Waals surface area (Å²) in [7, 11) is 0. The average molecular weight is 161 g/mol. The highest BCUT2D eigenvalue weighted by molar-refractivity contribution is 5.24. The third-order valence-corrected chi connectivity index (χ3v) is 1.75. The Labute approximate surface area is 72.3 Å². The third-order valence-electron chi connectivity index (χ3n) is 1.75. The lowest BCUT2D eigenvalue weighted by Crippen LogP contribution is -1.99. The van der Waals surface area contributed by atoms with Crippen molar-refractivity contribution in [1.29, 1.82) is 0 Å². The lowest BCUT2D eigenvalue weighted by Gasteiger charge is -2.09. The first-order valence-corrected chi connectivity index (χ1v) is 3.77. The summed E-state index contributed by atoms with van der Waals surface area (Å²) in [5.41, 5.74) is 1.84. The summed E-state index contributed by atoms with van der Waals surface area (Å²) in [6.45, 7) is 1.93. The van der Waals surface area contributed by atoms with E-state index in [1.54, 1.807) is 12.4 Å². The Hall–Kier alpha value is -1.33. The van der Waals surface area contributed by atoms with Crippen LogP contribution >= 0.6 is 0 Å². The van der Waals surface area contributed by atoms with Crippen molar-refractivity contribution in [3.8, 4) is 12.3 Å². The van der Waals surface area contributed by atoms with E-state index in [1.165, 1.54) is 0 Å². The van der Waals surface area contributed by atoms with Crippen LogP contribution < -0.4 is 0 Å². The van der Waals surface area contributed by atoms with Gasteiger partial charge in [0.2, 0.25) is 0 Å². The Balaban J connectivity index is 2.88. The van der Waals surface area contributed by atoms with Gasteiger partial charge < -0.3 is 5.11 Å². The molecule has 1 unspecified atom stereocenters. The molecule has 0 aliphatic rings. The van der Waals surface area contributed by atoms with Crippen LogP contribution in [0.2, 0.25) is 0 Å². The van der Waals surface area contributed by atoms with E-state index in [1.807, 2.05) is 13.0 Å². The van der Waals surface area contributed by atoms with Crippen LogP contribution in [-0.4, -0.2) is 10.1 Å². The molecule has 0 spiro atoms. The molecule has 1 heterocycles. The van der Waals surface area contributed by atoms with Crippen LogP contribution in [-0.2, 0) is 0 Å². The molecular formula is C10H11NO. The zero-order valence-electron chi connectivity index (χ0n) is 6.99. The van der Waals surface area contributed by atoms with Crippen molar-refractivity contribution >= 4 is 0 Å². The molecule has 1 aromatic heterocycles. The van der Waals surface area contributed by atoms with Crippen molar-refractivity contribution in [3.63, 3.8) is 0 Å². The normalized spacial score (nSPS) is 12.1. The molecule has 1 atom stereocenters. The van der Waals surface area contributed by atoms with Gasteiger partial charge in [0.05, 0.1) is 6.10 Å². The summed E-state index contributed by atoms with van der Waals surface area (Å²) in [6.07, 6.45) is 8.19. The number of aliphatic hydroxyl groups excluding tert-OH is 1. The molecule has 2 heteroatoms. The molecule has 0 fully saturated rings. The number of nitrogens with zero attached hydrogens (tertiary/aromatic N) is 1. The van der Waals surface area contributed by atoms with Crippen molar-refractivity contribution < 1.29 is 5.11 Å². The minimum absolute atomic E-state index is 0.340. The summed E-state index contributed by atoms with van der Waals surface area (Å²) >= 11 is 0. The first kappa shape index (κ1) is 8.76. The molecule has 1 rings (SSSR count). The molecule has 0 bridgehead atoms. The largest absolute Gasteiger partial charge is 0.387 e. The number of aromatic nitrogens is 1. The van der Waals surface area contributed by atoms with E-state index < -0.39 is 6.10 Å². The maximum Gasteiger partial charge on any atom is 0.0916 e. The number of rotatable bonds is 2. The molecule has 0 aliphatic carbocycles. The number of terminal acetylenes is 1. The molecule has 2 nitrogen and oxygen atoms in total. The second kappa shape index (κ2) is 3.89. The standard InChI is InChI=1S/C10H11NO/c1-3-4-10(12)9-7-11-6-5-8(9)2/h1,5-7,10,12H,4H2,2H3. The highest BCUT2D eigenvalue weighted by Crippen LogP contribution is 2.18. The lowest BCUT2D eigenvalue weighted by atomic mass is 10.0. The minimum atomic E-state index is -0.580. The monoisotopic (exact) mass is 161 g/mol. The molecular weight excluding hydrogens is 150 g/mol. The summed E-state index contributed by atoms with van der Waals surface area (Å²) < 4.78 is 0. The summed E-state index contributed by atoms with van der Waals surface area (Å²) in [4.78, 5) is 3.92. The minimum Gasteiger partial charge on any atom is -0.387 e. The lowest BCUT2D eigenvalue weighted by molar-refractivity contribution is 0.183. The number of hydrogen-bond acceptors (Lipinski definition) is 2. The first-order chi connectivity index (χ1) is 5.75. The topological polar surface area (TPSA) is 33.1 Å². The molecule has 1 aromatic rings. The van der Waals surface area contributed by atoms with Gasteiger partial charge in [-0.1, -0.05) is 0 Å². The number of aliphatic hydroxyl groups is 1. The van der Waals surface area contributed by atoms with Crippen LogP contribution in [0, 0.1) is 19.3 Å². The van der Waals surface area contributed by atoms with Gasteiger partial charge in [0.1, 0.15) is 0 Å². The fraction of sp³-hybridized carbons (Fsp3) is 0.300. The molecule has 62 valence electrons. The number of pyridine rings is 1. The summed E-state index contributed by atoms with van der Waals surface area (Å²) in [5.74, 6) is 2.42. The molecule has 0 saturated carbocycles. The van der Waals surface area contributed by atoms with E-state index in [-0.39, 0.29) is 0 Å². The predicted octanol–water partition coefficient (Wildman–Crippen LogP) is 1.45. The van der Waals surface area contributed by atoms with Gasteiger partial charge >= 0.3 is 0 Å². The molecule has 0 aliphatic heterocycles. The highest BCUT2D eigenvalue weighted by atomic mass is 16.3. The van der Waals surface area contributed by atoms with Crippen LogP contribution in [0.15, 0.2) is 18.5 Å². The van der Waals surface area contributed by atoms with E-state index >= 15 is 0 Å². The molecule has 0 radical (unpaired) electrons. The Morgan fingerprint density at radius 3 is 3.08 bits per heavy atom. The van der Waals surface area contributed by atoms with Gasteiger partial charge in [-0.25, -0.2) is 0 Å². The zero-order chi connectivity index (χ0) is 8.97. The van der Waals surface area contributed by atoms with Gasteiger partial charge in [0, 0.05) is 24.4 Å². The molecule has 0 aromatic carbocycles. The van der Waals surface area contributed by atoms with E-state index in [0.717, 1.165) is 11.1 Å². The van der Waals surface area contributed by atoms with Crippen molar-refractivity contribution in [1.82, 2.24) is 4.98 Å². The zero-order valence-corrected chi connectivity index (χ0v) is 6.99. The summed E-state index contributed by atoms with van der Waals surface area (Å²) in [5, 5.41) is 9.52.